The minimum atomic E-state index is -2.15. The molecule has 0 radical (unpaired) electrons. The molecule has 0 aromatic heterocycles. The topological polar surface area (TPSA) is 52.3 Å². The number of carbonyl (C=O) groups is 1. The van der Waals surface area contributed by atoms with Crippen molar-refractivity contribution in [1.82, 2.24) is 0 Å². The number of unbranched alkanes of at least 4 members (excludes halogenated alkanes) is 1. The molecule has 23 heavy (non-hydrogen) atoms. The fourth-order valence-corrected chi connectivity index (χ4v) is 3.91. The molecule has 2 N–H and O–H groups in total. The number of nitrogens with two attached hydrogens (primary N) is 1. The third-order valence-electron chi connectivity index (χ3n) is 5.03. The highest BCUT2D eigenvalue weighted by atomic mass is 28.4. The van der Waals surface area contributed by atoms with Crippen LogP contribution in [0.25, 0.3) is 0 Å². The van der Waals surface area contributed by atoms with Gasteiger partial charge < -0.3 is 10.2 Å². The Morgan fingerprint density at radius 1 is 1.17 bits per heavy atom. The predicted octanol–water partition coefficient (Wildman–Crippen LogP) is 4.89. The molecule has 0 aliphatic heterocycles. The number of hydrogen-bond acceptors (Lipinski definition) is 2. The first kappa shape index (κ1) is 19.9. The van der Waals surface area contributed by atoms with Crippen LogP contribution in [0.4, 0.5) is 0 Å². The van der Waals surface area contributed by atoms with Crippen molar-refractivity contribution in [3.05, 3.63) is 35.4 Å². The van der Waals surface area contributed by atoms with Gasteiger partial charge in [0, 0.05) is 0 Å². The number of rotatable bonds is 7. The van der Waals surface area contributed by atoms with E-state index in [2.05, 4.69) is 40.8 Å². The Balaban J connectivity index is 3.40. The van der Waals surface area contributed by atoms with E-state index < -0.39 is 13.9 Å². The van der Waals surface area contributed by atoms with Gasteiger partial charge in [0.2, 0.25) is 0 Å². The zero-order valence-corrected chi connectivity index (χ0v) is 16.8. The summed E-state index contributed by atoms with van der Waals surface area (Å²) < 4.78 is 6.64. The van der Waals surface area contributed by atoms with Crippen LogP contribution in [0, 0.1) is 6.92 Å². The molecule has 1 rings (SSSR count). The molecule has 3 nitrogen and oxygen atoms in total. The maximum Gasteiger partial charge on any atom is 0.253 e. The summed E-state index contributed by atoms with van der Waals surface area (Å²) in [5.41, 5.74) is 6.92. The number of benzene rings is 1. The van der Waals surface area contributed by atoms with Crippen molar-refractivity contribution < 1.29 is 9.22 Å². The van der Waals surface area contributed by atoms with Gasteiger partial charge in [-0.25, -0.2) is 0 Å². The molecule has 0 fully saturated rings. The van der Waals surface area contributed by atoms with Crippen LogP contribution in [0.15, 0.2) is 24.3 Å². The summed E-state index contributed by atoms with van der Waals surface area (Å²) in [6.07, 6.45) is 2.54. The zero-order chi connectivity index (χ0) is 17.9. The Kier molecular flexibility index (Phi) is 6.22. The lowest BCUT2D eigenvalue weighted by Gasteiger charge is -2.44. The number of primary amides is 1. The van der Waals surface area contributed by atoms with Crippen LogP contribution in [-0.4, -0.2) is 14.2 Å². The molecule has 1 atom stereocenters. The number of aryl methyl sites for hydroxylation is 1. The van der Waals surface area contributed by atoms with Gasteiger partial charge >= 0.3 is 0 Å². The number of amides is 1. The molecule has 0 aliphatic rings. The Hall–Kier alpha value is -1.13. The Morgan fingerprint density at radius 2 is 1.70 bits per heavy atom. The van der Waals surface area contributed by atoms with Gasteiger partial charge in [0.15, 0.2) is 13.9 Å². The van der Waals surface area contributed by atoms with Crippen LogP contribution in [0.3, 0.4) is 0 Å². The fraction of sp³-hybridized carbons (Fsp3) is 0.632. The lowest BCUT2D eigenvalue weighted by molar-refractivity contribution is -0.136. The summed E-state index contributed by atoms with van der Waals surface area (Å²) in [6.45, 7) is 15.0. The molecule has 1 aromatic rings. The SMILES string of the molecule is CCCCC(O[Si](C)(C)C(C)(C)C)(C(N)=O)c1ccc(C)cc1. The van der Waals surface area contributed by atoms with E-state index in [4.69, 9.17) is 10.2 Å². The molecule has 1 aromatic carbocycles. The summed E-state index contributed by atoms with van der Waals surface area (Å²) in [5.74, 6) is -0.375. The molecule has 1 amide bonds. The van der Waals surface area contributed by atoms with Gasteiger partial charge in [-0.05, 0) is 43.5 Å². The van der Waals surface area contributed by atoms with Crippen molar-refractivity contribution in [2.24, 2.45) is 5.73 Å². The van der Waals surface area contributed by atoms with Crippen LogP contribution in [0.2, 0.25) is 18.1 Å². The Labute approximate surface area is 142 Å². The first-order valence-corrected chi connectivity index (χ1v) is 11.4. The summed E-state index contributed by atoms with van der Waals surface area (Å²) in [6, 6.07) is 8.02. The molecule has 0 saturated carbocycles. The number of carbonyl (C=O) groups excluding carboxylic acids is 1. The second kappa shape index (κ2) is 7.18. The van der Waals surface area contributed by atoms with Gasteiger partial charge in [-0.15, -0.1) is 0 Å². The Bertz CT molecular complexity index is 531. The van der Waals surface area contributed by atoms with Crippen LogP contribution < -0.4 is 5.73 Å². The van der Waals surface area contributed by atoms with Crippen molar-refractivity contribution in [1.29, 1.82) is 0 Å². The Morgan fingerprint density at radius 3 is 2.09 bits per heavy atom. The maximum absolute atomic E-state index is 12.5. The van der Waals surface area contributed by atoms with Crippen LogP contribution >= 0.6 is 0 Å². The van der Waals surface area contributed by atoms with E-state index in [1.165, 1.54) is 0 Å². The van der Waals surface area contributed by atoms with Crippen LogP contribution in [0.1, 0.15) is 58.1 Å². The average Bonchev–Trinajstić information content (AvgIpc) is 2.42. The minimum Gasteiger partial charge on any atom is -0.399 e. The lowest BCUT2D eigenvalue weighted by atomic mass is 9.87. The van der Waals surface area contributed by atoms with E-state index in [9.17, 15) is 4.79 Å². The van der Waals surface area contributed by atoms with Crippen molar-refractivity contribution in [2.75, 3.05) is 0 Å². The fourth-order valence-electron chi connectivity index (χ4n) is 2.41. The van der Waals surface area contributed by atoms with E-state index in [-0.39, 0.29) is 10.9 Å². The highest BCUT2D eigenvalue weighted by Crippen LogP contribution is 2.43. The maximum atomic E-state index is 12.5. The lowest BCUT2D eigenvalue weighted by Crippen LogP contribution is -2.54. The normalized spacial score (nSPS) is 15.3. The molecular weight excluding hydrogens is 302 g/mol. The first-order valence-electron chi connectivity index (χ1n) is 8.53. The van der Waals surface area contributed by atoms with Gasteiger partial charge in [-0.3, -0.25) is 4.79 Å². The van der Waals surface area contributed by atoms with E-state index in [1.54, 1.807) is 0 Å². The highest BCUT2D eigenvalue weighted by molar-refractivity contribution is 6.74. The third-order valence-corrected chi connectivity index (χ3v) is 9.51. The smallest absolute Gasteiger partial charge is 0.253 e. The van der Waals surface area contributed by atoms with Crippen molar-refractivity contribution in [3.8, 4) is 0 Å². The van der Waals surface area contributed by atoms with Gasteiger partial charge in [0.1, 0.15) is 0 Å². The molecule has 1 unspecified atom stereocenters. The summed E-state index contributed by atoms with van der Waals surface area (Å²) in [7, 11) is -2.15. The molecule has 4 heteroatoms. The summed E-state index contributed by atoms with van der Waals surface area (Å²) >= 11 is 0. The molecule has 0 spiro atoms. The van der Waals surface area contributed by atoms with Gasteiger partial charge in [0.25, 0.3) is 5.91 Å². The second-order valence-electron chi connectivity index (χ2n) is 8.02. The van der Waals surface area contributed by atoms with Gasteiger partial charge in [-0.2, -0.15) is 0 Å². The highest BCUT2D eigenvalue weighted by Gasteiger charge is 2.48. The minimum absolute atomic E-state index is 0.0185. The predicted molar refractivity (Wildman–Crippen MR) is 99.9 cm³/mol. The van der Waals surface area contributed by atoms with Crippen LogP contribution in [-0.2, 0) is 14.8 Å². The van der Waals surface area contributed by atoms with E-state index in [0.29, 0.717) is 6.42 Å². The molecule has 0 heterocycles. The zero-order valence-electron chi connectivity index (χ0n) is 15.8. The second-order valence-corrected chi connectivity index (χ2v) is 12.7. The van der Waals surface area contributed by atoms with Crippen LogP contribution in [0.5, 0.6) is 0 Å². The third kappa shape index (κ3) is 4.45. The summed E-state index contributed by atoms with van der Waals surface area (Å²) in [4.78, 5) is 12.5. The first-order chi connectivity index (χ1) is 10.5. The average molecular weight is 336 g/mol. The standard InChI is InChI=1S/C19H33NO2Si/c1-8-9-14-19(17(20)21,16-12-10-15(2)11-13-16)22-23(6,7)18(3,4)5/h10-13H,8-9,14H2,1-7H3,(H2,20,21). The van der Waals surface area contributed by atoms with Gasteiger partial charge in [-0.1, -0.05) is 63.9 Å². The van der Waals surface area contributed by atoms with Crippen molar-refractivity contribution in [3.63, 3.8) is 0 Å². The van der Waals surface area contributed by atoms with E-state index in [1.807, 2.05) is 31.2 Å². The summed E-state index contributed by atoms with van der Waals surface area (Å²) in [5, 5.41) is 0.0185. The van der Waals surface area contributed by atoms with Gasteiger partial charge in [0.05, 0.1) is 0 Å². The number of hydrogen-bond donors (Lipinski definition) is 1. The molecule has 130 valence electrons. The molecule has 0 saturated heterocycles. The molecular formula is C19H33NO2Si. The van der Waals surface area contributed by atoms with Crippen molar-refractivity contribution in [2.45, 2.75) is 77.6 Å². The quantitative estimate of drug-likeness (QED) is 0.721. The van der Waals surface area contributed by atoms with E-state index in [0.717, 1.165) is 24.0 Å². The largest absolute Gasteiger partial charge is 0.399 e. The van der Waals surface area contributed by atoms with E-state index >= 15 is 0 Å². The molecule has 0 bridgehead atoms. The monoisotopic (exact) mass is 335 g/mol. The molecule has 0 aliphatic carbocycles. The van der Waals surface area contributed by atoms with Crippen molar-refractivity contribution >= 4 is 14.2 Å².